The Morgan fingerprint density at radius 2 is 1.70 bits per heavy atom. The number of sulfone groups is 1. The second kappa shape index (κ2) is 9.28. The first-order valence-electron chi connectivity index (χ1n) is 10.8. The van der Waals surface area contributed by atoms with Gasteiger partial charge in [0.15, 0.2) is 9.84 Å². The highest BCUT2D eigenvalue weighted by atomic mass is 32.2. The van der Waals surface area contributed by atoms with E-state index in [4.69, 9.17) is 4.74 Å². The van der Waals surface area contributed by atoms with Gasteiger partial charge in [-0.05, 0) is 74.4 Å². The second-order valence-corrected chi connectivity index (χ2v) is 11.8. The average Bonchev–Trinajstić information content (AvgIpc) is 3.46. The van der Waals surface area contributed by atoms with Crippen molar-refractivity contribution in [1.29, 1.82) is 0 Å². The summed E-state index contributed by atoms with van der Waals surface area (Å²) in [5.74, 6) is 0.00337. The molecule has 0 aromatic heterocycles. The smallest absolute Gasteiger partial charge is 0.258 e. The topological polar surface area (TPSA) is 101 Å². The summed E-state index contributed by atoms with van der Waals surface area (Å²) in [6, 6.07) is 12.0. The summed E-state index contributed by atoms with van der Waals surface area (Å²) in [6.07, 6.45) is 3.17. The minimum Gasteiger partial charge on any atom is -0.494 e. The van der Waals surface area contributed by atoms with E-state index in [2.05, 4.69) is 0 Å². The minimum absolute atomic E-state index is 0.136. The lowest BCUT2D eigenvalue weighted by Crippen LogP contribution is -2.41. The van der Waals surface area contributed by atoms with Crippen LogP contribution in [-0.4, -0.2) is 58.5 Å². The number of ether oxygens (including phenoxy) is 1. The fraction of sp³-hybridized carbons (Fsp3) is 0.348. The summed E-state index contributed by atoms with van der Waals surface area (Å²) in [5, 5.41) is 1.12. The predicted octanol–water partition coefficient (Wildman–Crippen LogP) is 2.83. The van der Waals surface area contributed by atoms with E-state index in [1.807, 2.05) is 6.92 Å². The Morgan fingerprint density at radius 1 is 1.06 bits per heavy atom. The van der Waals surface area contributed by atoms with Crippen LogP contribution in [0.2, 0.25) is 0 Å². The van der Waals surface area contributed by atoms with Gasteiger partial charge < -0.3 is 9.64 Å². The third kappa shape index (κ3) is 4.97. The molecule has 2 aliphatic rings. The summed E-state index contributed by atoms with van der Waals surface area (Å²) in [6.45, 7) is 3.36. The summed E-state index contributed by atoms with van der Waals surface area (Å²) < 4.78 is 56.5. The third-order valence-corrected chi connectivity index (χ3v) is 8.98. The molecule has 10 heteroatoms. The largest absolute Gasteiger partial charge is 0.494 e. The van der Waals surface area contributed by atoms with Gasteiger partial charge in [-0.2, -0.15) is 4.31 Å². The summed E-state index contributed by atoms with van der Waals surface area (Å²) >= 11 is 0. The van der Waals surface area contributed by atoms with Crippen LogP contribution in [0.4, 0.5) is 5.69 Å². The van der Waals surface area contributed by atoms with Gasteiger partial charge in [0.2, 0.25) is 10.0 Å². The van der Waals surface area contributed by atoms with Crippen molar-refractivity contribution in [3.63, 3.8) is 0 Å². The first-order chi connectivity index (χ1) is 15.7. The zero-order chi connectivity index (χ0) is 23.6. The molecule has 0 aliphatic carbocycles. The molecule has 1 unspecified atom stereocenters. The molecule has 1 atom stereocenters. The molecule has 0 saturated carbocycles. The first kappa shape index (κ1) is 23.5. The van der Waals surface area contributed by atoms with Crippen LogP contribution in [0.25, 0.3) is 0 Å². The molecule has 33 heavy (non-hydrogen) atoms. The molecule has 0 bridgehead atoms. The van der Waals surface area contributed by atoms with Crippen molar-refractivity contribution in [2.75, 3.05) is 30.3 Å². The Kier molecular flexibility index (Phi) is 6.60. The minimum atomic E-state index is -3.59. The summed E-state index contributed by atoms with van der Waals surface area (Å²) in [7, 11) is -6.99. The Labute approximate surface area is 194 Å². The molecule has 0 N–H and O–H groups in total. The zero-order valence-corrected chi connectivity index (χ0v) is 19.9. The standard InChI is InChI=1S/C23H26N2O6S2/c1-2-31-21-9-7-19(8-10-21)25(20-13-16-32(27,28)17-20)23(26)18-5-11-22(12-6-18)33(29,30)24-14-3-4-15-24/h5-13,16,20H,2-4,14-15,17H2,1H3. The van der Waals surface area contributed by atoms with Crippen molar-refractivity contribution in [3.05, 3.63) is 65.6 Å². The van der Waals surface area contributed by atoms with E-state index < -0.39 is 31.8 Å². The van der Waals surface area contributed by atoms with Crippen molar-refractivity contribution >= 4 is 31.5 Å². The molecular formula is C23H26N2O6S2. The third-order valence-electron chi connectivity index (χ3n) is 5.69. The van der Waals surface area contributed by atoms with Gasteiger partial charge >= 0.3 is 0 Å². The van der Waals surface area contributed by atoms with Crippen LogP contribution in [0.15, 0.2) is 64.9 Å². The number of carbonyl (C=O) groups excluding carboxylic acids is 1. The normalized spacial score (nSPS) is 20.1. The molecule has 2 heterocycles. The van der Waals surface area contributed by atoms with E-state index in [1.165, 1.54) is 39.5 Å². The molecule has 4 rings (SSSR count). The first-order valence-corrected chi connectivity index (χ1v) is 13.9. The Balaban J connectivity index is 1.64. The number of hydrogen-bond donors (Lipinski definition) is 0. The van der Waals surface area contributed by atoms with E-state index in [0.29, 0.717) is 31.1 Å². The summed E-state index contributed by atoms with van der Waals surface area (Å²) in [4.78, 5) is 15.0. The van der Waals surface area contributed by atoms with Crippen LogP contribution in [0, 0.1) is 0 Å². The van der Waals surface area contributed by atoms with Gasteiger partial charge in [-0.3, -0.25) is 4.79 Å². The Bertz CT molecular complexity index is 1250. The highest BCUT2D eigenvalue weighted by Gasteiger charge is 2.33. The monoisotopic (exact) mass is 490 g/mol. The van der Waals surface area contributed by atoms with E-state index in [1.54, 1.807) is 24.3 Å². The fourth-order valence-electron chi connectivity index (χ4n) is 4.04. The van der Waals surface area contributed by atoms with Gasteiger partial charge in [-0.1, -0.05) is 0 Å². The molecular weight excluding hydrogens is 464 g/mol. The molecule has 2 aromatic carbocycles. The Hall–Kier alpha value is -2.69. The maximum atomic E-state index is 13.5. The maximum Gasteiger partial charge on any atom is 0.258 e. The molecule has 1 saturated heterocycles. The number of hydrogen-bond acceptors (Lipinski definition) is 6. The fourth-order valence-corrected chi connectivity index (χ4v) is 6.82. The van der Waals surface area contributed by atoms with Crippen molar-refractivity contribution in [2.24, 2.45) is 0 Å². The van der Waals surface area contributed by atoms with E-state index in [9.17, 15) is 21.6 Å². The second-order valence-electron chi connectivity index (χ2n) is 7.96. The van der Waals surface area contributed by atoms with Crippen LogP contribution in [-0.2, 0) is 19.9 Å². The lowest BCUT2D eigenvalue weighted by atomic mass is 10.1. The highest BCUT2D eigenvalue weighted by molar-refractivity contribution is 7.94. The highest BCUT2D eigenvalue weighted by Crippen LogP contribution is 2.28. The number of benzene rings is 2. The summed E-state index contributed by atoms with van der Waals surface area (Å²) in [5.41, 5.74) is 0.783. The molecule has 1 amide bonds. The van der Waals surface area contributed by atoms with Crippen LogP contribution in [0.1, 0.15) is 30.1 Å². The number of anilines is 1. The molecule has 0 spiro atoms. The average molecular weight is 491 g/mol. The molecule has 0 radical (unpaired) electrons. The lowest BCUT2D eigenvalue weighted by molar-refractivity contribution is 0.0983. The number of carbonyl (C=O) groups is 1. The van der Waals surface area contributed by atoms with Gasteiger partial charge in [-0.15, -0.1) is 0 Å². The van der Waals surface area contributed by atoms with Crippen LogP contribution < -0.4 is 9.64 Å². The van der Waals surface area contributed by atoms with Crippen molar-refractivity contribution in [3.8, 4) is 5.75 Å². The van der Waals surface area contributed by atoms with Crippen molar-refractivity contribution in [2.45, 2.75) is 30.7 Å². The van der Waals surface area contributed by atoms with Gasteiger partial charge in [0.1, 0.15) is 5.75 Å². The number of rotatable bonds is 7. The quantitative estimate of drug-likeness (QED) is 0.592. The van der Waals surface area contributed by atoms with Crippen molar-refractivity contribution < 1.29 is 26.4 Å². The zero-order valence-electron chi connectivity index (χ0n) is 18.3. The molecule has 176 valence electrons. The van der Waals surface area contributed by atoms with E-state index >= 15 is 0 Å². The number of sulfonamides is 1. The number of nitrogens with zero attached hydrogens (tertiary/aromatic N) is 2. The van der Waals surface area contributed by atoms with E-state index in [-0.39, 0.29) is 16.2 Å². The van der Waals surface area contributed by atoms with Gasteiger partial charge in [0.05, 0.1) is 23.3 Å². The Morgan fingerprint density at radius 3 is 2.24 bits per heavy atom. The SMILES string of the molecule is CCOc1ccc(N(C(=O)c2ccc(S(=O)(=O)N3CCCC3)cc2)C2C=CS(=O)(=O)C2)cc1. The van der Waals surface area contributed by atoms with Gasteiger partial charge in [0, 0.05) is 29.7 Å². The van der Waals surface area contributed by atoms with Crippen molar-refractivity contribution in [1.82, 2.24) is 4.31 Å². The van der Waals surface area contributed by atoms with E-state index in [0.717, 1.165) is 18.2 Å². The predicted molar refractivity (Wildman–Crippen MR) is 126 cm³/mol. The van der Waals surface area contributed by atoms with Gasteiger partial charge in [0.25, 0.3) is 5.91 Å². The molecule has 1 fully saturated rings. The number of amides is 1. The lowest BCUT2D eigenvalue weighted by Gasteiger charge is -2.28. The van der Waals surface area contributed by atoms with Crippen LogP contribution >= 0.6 is 0 Å². The molecule has 2 aliphatic heterocycles. The van der Waals surface area contributed by atoms with Gasteiger partial charge in [-0.25, -0.2) is 16.8 Å². The maximum absolute atomic E-state index is 13.5. The molecule has 8 nitrogen and oxygen atoms in total. The van der Waals surface area contributed by atoms with Crippen LogP contribution in [0.5, 0.6) is 5.75 Å². The molecule has 2 aromatic rings. The van der Waals surface area contributed by atoms with Crippen LogP contribution in [0.3, 0.4) is 0 Å².